The van der Waals surface area contributed by atoms with Gasteiger partial charge in [0, 0.05) is 18.0 Å². The fourth-order valence-corrected chi connectivity index (χ4v) is 1.56. The highest BCUT2D eigenvalue weighted by atomic mass is 16.6. The molecule has 0 aliphatic carbocycles. The number of hydrogen-bond donors (Lipinski definition) is 0. The molecule has 0 saturated heterocycles. The van der Waals surface area contributed by atoms with E-state index in [0.29, 0.717) is 5.56 Å². The predicted octanol–water partition coefficient (Wildman–Crippen LogP) is 2.56. The Morgan fingerprint density at radius 3 is 2.65 bits per heavy atom. The van der Waals surface area contributed by atoms with Crippen LogP contribution < -0.4 is 0 Å². The summed E-state index contributed by atoms with van der Waals surface area (Å²) in [6, 6.07) is 8.37. The fourth-order valence-electron chi connectivity index (χ4n) is 1.56. The van der Waals surface area contributed by atoms with E-state index < -0.39 is 10.8 Å². The van der Waals surface area contributed by atoms with Gasteiger partial charge in [0.25, 0.3) is 11.6 Å². The Balaban J connectivity index is 2.23. The van der Waals surface area contributed by atoms with Crippen molar-refractivity contribution in [2.75, 3.05) is 0 Å². The standard InChI is InChI=1S/C14H11N3O3/c1-10-2-4-11(5-3-10)14(18)16-8-12-6-7-15-9-13(12)17(19)20/h2-9H,1H3. The number of hydrogen-bond acceptors (Lipinski definition) is 4. The first-order valence-electron chi connectivity index (χ1n) is 5.81. The van der Waals surface area contributed by atoms with E-state index in [1.165, 1.54) is 18.5 Å². The van der Waals surface area contributed by atoms with Crippen molar-refractivity contribution in [1.82, 2.24) is 4.98 Å². The van der Waals surface area contributed by atoms with Gasteiger partial charge in [0.1, 0.15) is 6.20 Å². The molecule has 6 nitrogen and oxygen atoms in total. The molecule has 0 spiro atoms. The molecule has 0 atom stereocenters. The summed E-state index contributed by atoms with van der Waals surface area (Å²) in [6.45, 7) is 1.91. The third kappa shape index (κ3) is 3.11. The lowest BCUT2D eigenvalue weighted by atomic mass is 10.1. The van der Waals surface area contributed by atoms with Crippen molar-refractivity contribution >= 4 is 17.8 Å². The van der Waals surface area contributed by atoms with Crippen LogP contribution in [0.1, 0.15) is 21.5 Å². The van der Waals surface area contributed by atoms with Crippen molar-refractivity contribution in [3.8, 4) is 0 Å². The molecule has 0 radical (unpaired) electrons. The minimum Gasteiger partial charge on any atom is -0.267 e. The van der Waals surface area contributed by atoms with Crippen LogP contribution in [0.3, 0.4) is 0 Å². The molecule has 0 fully saturated rings. The van der Waals surface area contributed by atoms with Crippen LogP contribution in [0.5, 0.6) is 0 Å². The van der Waals surface area contributed by atoms with Crippen molar-refractivity contribution in [3.63, 3.8) is 0 Å². The largest absolute Gasteiger partial charge is 0.296 e. The van der Waals surface area contributed by atoms with E-state index in [1.54, 1.807) is 24.3 Å². The number of carbonyl (C=O) groups is 1. The van der Waals surface area contributed by atoms with Gasteiger partial charge >= 0.3 is 0 Å². The van der Waals surface area contributed by atoms with Gasteiger partial charge in [0.2, 0.25) is 0 Å². The van der Waals surface area contributed by atoms with Gasteiger partial charge in [-0.1, -0.05) is 17.7 Å². The van der Waals surface area contributed by atoms with Crippen LogP contribution in [-0.2, 0) is 0 Å². The number of aliphatic imine (C=N–C) groups is 1. The molecule has 0 aliphatic rings. The molecule has 0 saturated carbocycles. The summed E-state index contributed by atoms with van der Waals surface area (Å²) >= 11 is 0. The summed E-state index contributed by atoms with van der Waals surface area (Å²) in [5.74, 6) is -0.448. The number of nitrogens with zero attached hydrogens (tertiary/aromatic N) is 3. The van der Waals surface area contributed by atoms with Gasteiger partial charge in [-0.25, -0.2) is 4.99 Å². The number of carbonyl (C=O) groups excluding carboxylic acids is 1. The van der Waals surface area contributed by atoms with Crippen LogP contribution in [0.4, 0.5) is 5.69 Å². The van der Waals surface area contributed by atoms with Crippen LogP contribution in [0.25, 0.3) is 0 Å². The fraction of sp³-hybridized carbons (Fsp3) is 0.0714. The zero-order chi connectivity index (χ0) is 14.5. The summed E-state index contributed by atoms with van der Waals surface area (Å²) < 4.78 is 0. The van der Waals surface area contributed by atoms with Gasteiger partial charge in [-0.15, -0.1) is 0 Å². The van der Waals surface area contributed by atoms with E-state index in [0.717, 1.165) is 11.8 Å². The number of benzene rings is 1. The molecule has 6 heteroatoms. The maximum absolute atomic E-state index is 11.8. The Morgan fingerprint density at radius 2 is 2.00 bits per heavy atom. The van der Waals surface area contributed by atoms with Crippen molar-refractivity contribution in [2.24, 2.45) is 4.99 Å². The molecule has 2 aromatic rings. The molecular weight excluding hydrogens is 258 g/mol. The molecule has 0 N–H and O–H groups in total. The van der Waals surface area contributed by atoms with Gasteiger partial charge in [0.15, 0.2) is 0 Å². The summed E-state index contributed by atoms with van der Waals surface area (Å²) in [6.07, 6.45) is 3.71. The van der Waals surface area contributed by atoms with E-state index in [1.807, 2.05) is 6.92 Å². The van der Waals surface area contributed by atoms with Gasteiger partial charge in [-0.3, -0.25) is 19.9 Å². The Hall–Kier alpha value is -2.89. The third-order valence-electron chi connectivity index (χ3n) is 2.65. The maximum atomic E-state index is 11.8. The van der Waals surface area contributed by atoms with E-state index in [-0.39, 0.29) is 11.3 Å². The zero-order valence-corrected chi connectivity index (χ0v) is 10.7. The number of nitro groups is 1. The monoisotopic (exact) mass is 269 g/mol. The quantitative estimate of drug-likeness (QED) is 0.487. The first-order valence-corrected chi connectivity index (χ1v) is 5.81. The average molecular weight is 269 g/mol. The molecule has 100 valence electrons. The summed E-state index contributed by atoms with van der Waals surface area (Å²) in [5, 5.41) is 10.8. The SMILES string of the molecule is Cc1ccc(C(=O)N=Cc2ccncc2[N+](=O)[O-])cc1. The van der Waals surface area contributed by atoms with Gasteiger partial charge in [-0.2, -0.15) is 0 Å². The van der Waals surface area contributed by atoms with Crippen LogP contribution in [-0.4, -0.2) is 22.0 Å². The molecule has 1 aromatic carbocycles. The normalized spacial score (nSPS) is 10.7. The second-order valence-electron chi connectivity index (χ2n) is 4.12. The first kappa shape index (κ1) is 13.5. The Morgan fingerprint density at radius 1 is 1.30 bits per heavy atom. The highest BCUT2D eigenvalue weighted by Gasteiger charge is 2.11. The van der Waals surface area contributed by atoms with Gasteiger partial charge in [-0.05, 0) is 25.1 Å². The topological polar surface area (TPSA) is 85.5 Å². The van der Waals surface area contributed by atoms with Crippen LogP contribution in [0, 0.1) is 17.0 Å². The molecule has 1 aromatic heterocycles. The van der Waals surface area contributed by atoms with Crippen molar-refractivity contribution in [1.29, 1.82) is 0 Å². The number of pyridine rings is 1. The van der Waals surface area contributed by atoms with E-state index in [9.17, 15) is 14.9 Å². The third-order valence-corrected chi connectivity index (χ3v) is 2.65. The summed E-state index contributed by atoms with van der Waals surface area (Å²) in [7, 11) is 0. The van der Waals surface area contributed by atoms with Crippen molar-refractivity contribution < 1.29 is 9.72 Å². The second-order valence-corrected chi connectivity index (χ2v) is 4.12. The molecule has 20 heavy (non-hydrogen) atoms. The second kappa shape index (κ2) is 5.83. The van der Waals surface area contributed by atoms with Gasteiger partial charge < -0.3 is 0 Å². The number of aromatic nitrogens is 1. The average Bonchev–Trinajstić information content (AvgIpc) is 2.45. The Kier molecular flexibility index (Phi) is 3.95. The molecule has 0 unspecified atom stereocenters. The lowest BCUT2D eigenvalue weighted by Crippen LogP contribution is -1.99. The van der Waals surface area contributed by atoms with E-state index in [2.05, 4.69) is 9.98 Å². The lowest BCUT2D eigenvalue weighted by molar-refractivity contribution is -0.385. The number of amides is 1. The maximum Gasteiger partial charge on any atom is 0.296 e. The molecule has 0 aliphatic heterocycles. The smallest absolute Gasteiger partial charge is 0.267 e. The molecule has 2 rings (SSSR count). The van der Waals surface area contributed by atoms with E-state index >= 15 is 0 Å². The minimum atomic E-state index is -0.565. The first-order chi connectivity index (χ1) is 9.58. The number of aryl methyl sites for hydroxylation is 1. The summed E-state index contributed by atoms with van der Waals surface area (Å²) in [5.41, 5.74) is 1.53. The minimum absolute atomic E-state index is 0.187. The summed E-state index contributed by atoms with van der Waals surface area (Å²) in [4.78, 5) is 29.5. The molecule has 1 amide bonds. The van der Waals surface area contributed by atoms with Gasteiger partial charge in [0.05, 0.1) is 10.5 Å². The number of rotatable bonds is 3. The lowest BCUT2D eigenvalue weighted by Gasteiger charge is -1.97. The molecule has 0 bridgehead atoms. The molecular formula is C14H11N3O3. The van der Waals surface area contributed by atoms with Crippen molar-refractivity contribution in [3.05, 3.63) is 69.5 Å². The Labute approximate surface area is 115 Å². The van der Waals surface area contributed by atoms with Crippen LogP contribution in [0.2, 0.25) is 0 Å². The zero-order valence-electron chi connectivity index (χ0n) is 10.7. The predicted molar refractivity (Wildman–Crippen MR) is 74.0 cm³/mol. The van der Waals surface area contributed by atoms with Crippen LogP contribution >= 0.6 is 0 Å². The highest BCUT2D eigenvalue weighted by Crippen LogP contribution is 2.14. The van der Waals surface area contributed by atoms with Crippen LogP contribution in [0.15, 0.2) is 47.7 Å². The Bertz CT molecular complexity index is 678. The molecule has 1 heterocycles. The van der Waals surface area contributed by atoms with E-state index in [4.69, 9.17) is 0 Å². The highest BCUT2D eigenvalue weighted by molar-refractivity contribution is 6.02. The van der Waals surface area contributed by atoms with Crippen molar-refractivity contribution in [2.45, 2.75) is 6.92 Å².